The van der Waals surface area contributed by atoms with E-state index in [-0.39, 0.29) is 12.4 Å². The van der Waals surface area contributed by atoms with Crippen LogP contribution in [0, 0.1) is 0 Å². The molecule has 0 aliphatic rings. The summed E-state index contributed by atoms with van der Waals surface area (Å²) in [6.07, 6.45) is 1.68. The Morgan fingerprint density at radius 3 is 2.38 bits per heavy atom. The number of hydrogen-bond acceptors (Lipinski definition) is 5. The van der Waals surface area contributed by atoms with Crippen LogP contribution in [0.25, 0.3) is 21.7 Å². The molecule has 0 bridgehead atoms. The first-order chi connectivity index (χ1) is 13.6. The summed E-state index contributed by atoms with van der Waals surface area (Å²) in [5.41, 5.74) is 1.20. The van der Waals surface area contributed by atoms with Gasteiger partial charge in [-0.1, -0.05) is 12.1 Å². The maximum atomic E-state index is 11.6. The third-order valence-electron chi connectivity index (χ3n) is 4.50. The normalized spacial score (nSPS) is 10.4. The maximum Gasteiger partial charge on any atom is 0.253 e. The van der Waals surface area contributed by atoms with Crippen LogP contribution in [-0.4, -0.2) is 24.4 Å². The van der Waals surface area contributed by atoms with Gasteiger partial charge in [-0.15, -0.1) is 12.4 Å². The number of rotatable bonds is 5. The Balaban J connectivity index is 0.00000240. The third-order valence-corrected chi connectivity index (χ3v) is 4.70. The summed E-state index contributed by atoms with van der Waals surface area (Å²) in [6.45, 7) is 0. The molecule has 4 rings (SSSR count). The van der Waals surface area contributed by atoms with Crippen molar-refractivity contribution in [1.82, 2.24) is 4.98 Å². The van der Waals surface area contributed by atoms with Gasteiger partial charge < -0.3 is 14.2 Å². The number of halogens is 2. The lowest BCUT2D eigenvalue weighted by Gasteiger charge is -2.13. The molecular weight excluding hydrogens is 413 g/mol. The average molecular weight is 430 g/mol. The van der Waals surface area contributed by atoms with Crippen LogP contribution < -0.4 is 14.2 Å². The summed E-state index contributed by atoms with van der Waals surface area (Å²) in [6, 6.07) is 16.3. The Morgan fingerprint density at radius 1 is 0.897 bits per heavy atom. The van der Waals surface area contributed by atoms with Gasteiger partial charge in [0.1, 0.15) is 11.5 Å². The van der Waals surface area contributed by atoms with Gasteiger partial charge in [-0.3, -0.25) is 9.78 Å². The van der Waals surface area contributed by atoms with E-state index in [1.807, 2.05) is 24.3 Å². The van der Waals surface area contributed by atoms with Gasteiger partial charge in [0.25, 0.3) is 5.24 Å². The minimum absolute atomic E-state index is 0. The fourth-order valence-corrected chi connectivity index (χ4v) is 3.32. The van der Waals surface area contributed by atoms with Crippen LogP contribution >= 0.6 is 24.0 Å². The topological polar surface area (TPSA) is 57.7 Å². The van der Waals surface area contributed by atoms with Gasteiger partial charge in [0.05, 0.1) is 19.7 Å². The second kappa shape index (κ2) is 8.55. The fraction of sp³-hybridized carbons (Fsp3) is 0.0909. The molecule has 0 aliphatic heterocycles. The molecule has 29 heavy (non-hydrogen) atoms. The van der Waals surface area contributed by atoms with Gasteiger partial charge in [0.2, 0.25) is 0 Å². The molecule has 0 radical (unpaired) electrons. The first-order valence-electron chi connectivity index (χ1n) is 8.52. The van der Waals surface area contributed by atoms with Crippen molar-refractivity contribution in [3.8, 4) is 23.0 Å². The number of benzene rings is 3. The van der Waals surface area contributed by atoms with Crippen LogP contribution in [0.15, 0.2) is 60.8 Å². The van der Waals surface area contributed by atoms with Crippen LogP contribution in [0.3, 0.4) is 0 Å². The number of methoxy groups -OCH3 is 2. The minimum Gasteiger partial charge on any atom is -0.493 e. The molecule has 1 heterocycles. The molecule has 5 nitrogen and oxygen atoms in total. The lowest BCUT2D eigenvalue weighted by atomic mass is 10.1. The van der Waals surface area contributed by atoms with E-state index in [1.165, 1.54) is 0 Å². The van der Waals surface area contributed by atoms with Crippen molar-refractivity contribution < 1.29 is 19.0 Å². The van der Waals surface area contributed by atoms with Crippen molar-refractivity contribution in [3.63, 3.8) is 0 Å². The summed E-state index contributed by atoms with van der Waals surface area (Å²) in [5.74, 6) is 2.46. The van der Waals surface area contributed by atoms with Crippen LogP contribution in [0.5, 0.6) is 23.0 Å². The number of fused-ring (bicyclic) bond motifs is 2. The number of aromatic nitrogens is 1. The van der Waals surface area contributed by atoms with Gasteiger partial charge in [-0.2, -0.15) is 0 Å². The lowest BCUT2D eigenvalue weighted by Crippen LogP contribution is -1.94. The molecule has 0 saturated carbocycles. The highest BCUT2D eigenvalue weighted by Crippen LogP contribution is 2.37. The molecule has 0 N–H and O–H groups in total. The van der Waals surface area contributed by atoms with Crippen molar-refractivity contribution in [2.45, 2.75) is 0 Å². The smallest absolute Gasteiger partial charge is 0.253 e. The van der Waals surface area contributed by atoms with Crippen LogP contribution in [0.1, 0.15) is 10.4 Å². The maximum absolute atomic E-state index is 11.6. The molecule has 0 fully saturated rings. The second-order valence-corrected chi connectivity index (χ2v) is 6.44. The molecule has 148 valence electrons. The predicted molar refractivity (Wildman–Crippen MR) is 116 cm³/mol. The number of pyridine rings is 1. The third kappa shape index (κ3) is 3.92. The Hall–Kier alpha value is -3.02. The Bertz CT molecular complexity index is 1210. The molecule has 3 aromatic carbocycles. The summed E-state index contributed by atoms with van der Waals surface area (Å²) in [5, 5.41) is 1.95. The van der Waals surface area contributed by atoms with E-state index in [2.05, 4.69) is 4.98 Å². The Morgan fingerprint density at radius 2 is 1.66 bits per heavy atom. The molecule has 0 aliphatic carbocycles. The Labute approximate surface area is 178 Å². The van der Waals surface area contributed by atoms with E-state index in [4.69, 9.17) is 25.8 Å². The first kappa shape index (κ1) is 20.7. The van der Waals surface area contributed by atoms with Crippen LogP contribution in [0.2, 0.25) is 0 Å². The summed E-state index contributed by atoms with van der Waals surface area (Å²) >= 11 is 5.67. The van der Waals surface area contributed by atoms with Crippen LogP contribution in [-0.2, 0) is 0 Å². The van der Waals surface area contributed by atoms with Gasteiger partial charge in [-0.25, -0.2) is 0 Å². The molecule has 0 amide bonds. The minimum atomic E-state index is -0.486. The second-order valence-electron chi connectivity index (χ2n) is 6.10. The SMILES string of the molecule is COc1cc2nccc(Oc3ccc4c(C(=O)Cl)cccc4c3)c2cc1OC.Cl. The Kier molecular flexibility index (Phi) is 6.11. The van der Waals surface area contributed by atoms with E-state index >= 15 is 0 Å². The highest BCUT2D eigenvalue weighted by Gasteiger charge is 2.12. The fourth-order valence-electron chi connectivity index (χ4n) is 3.16. The summed E-state index contributed by atoms with van der Waals surface area (Å²) < 4.78 is 16.8. The molecule has 4 aromatic rings. The van der Waals surface area contributed by atoms with Crippen molar-refractivity contribution in [2.24, 2.45) is 0 Å². The molecule has 0 saturated heterocycles. The van der Waals surface area contributed by atoms with Gasteiger partial charge >= 0.3 is 0 Å². The van der Waals surface area contributed by atoms with E-state index in [9.17, 15) is 4.79 Å². The van der Waals surface area contributed by atoms with E-state index < -0.39 is 5.24 Å². The number of hydrogen-bond donors (Lipinski definition) is 0. The van der Waals surface area contributed by atoms with Crippen molar-refractivity contribution in [1.29, 1.82) is 0 Å². The summed E-state index contributed by atoms with van der Waals surface area (Å²) in [4.78, 5) is 16.0. The molecule has 0 atom stereocenters. The van der Waals surface area contributed by atoms with E-state index in [1.54, 1.807) is 50.7 Å². The summed E-state index contributed by atoms with van der Waals surface area (Å²) in [7, 11) is 3.17. The highest BCUT2D eigenvalue weighted by molar-refractivity contribution is 6.68. The zero-order valence-corrected chi connectivity index (χ0v) is 17.2. The largest absolute Gasteiger partial charge is 0.493 e. The zero-order chi connectivity index (χ0) is 19.7. The highest BCUT2D eigenvalue weighted by atomic mass is 35.5. The molecule has 7 heteroatoms. The zero-order valence-electron chi connectivity index (χ0n) is 15.6. The van der Waals surface area contributed by atoms with Gasteiger partial charge in [0, 0.05) is 23.2 Å². The van der Waals surface area contributed by atoms with Gasteiger partial charge in [0.15, 0.2) is 11.5 Å². The average Bonchev–Trinajstić information content (AvgIpc) is 2.72. The number of carbonyl (C=O) groups excluding carboxylic acids is 1. The number of ether oxygens (including phenoxy) is 3. The van der Waals surface area contributed by atoms with Crippen molar-refractivity contribution >= 4 is 50.9 Å². The molecule has 0 unspecified atom stereocenters. The lowest BCUT2D eigenvalue weighted by molar-refractivity contribution is 0.108. The standard InChI is InChI=1S/C22H16ClNO4.ClH/c1-26-20-11-17-18(12-21(20)27-2)24-9-8-19(17)28-14-6-7-15-13(10-14)4-3-5-16(15)22(23)25;/h3-12H,1-2H3;1H. The van der Waals surface area contributed by atoms with E-state index in [0.717, 1.165) is 21.7 Å². The quantitative estimate of drug-likeness (QED) is 0.364. The van der Waals surface area contributed by atoms with Crippen molar-refractivity contribution in [2.75, 3.05) is 14.2 Å². The monoisotopic (exact) mass is 429 g/mol. The van der Waals surface area contributed by atoms with Crippen LogP contribution in [0.4, 0.5) is 0 Å². The first-order valence-corrected chi connectivity index (χ1v) is 8.89. The molecular formula is C22H17Cl2NO4. The predicted octanol–water partition coefficient (Wildman–Crippen LogP) is 6.00. The van der Waals surface area contributed by atoms with Gasteiger partial charge in [-0.05, 0) is 58.8 Å². The van der Waals surface area contributed by atoms with E-state index in [0.29, 0.717) is 28.6 Å². The number of carbonyl (C=O) groups is 1. The number of nitrogens with zero attached hydrogens (tertiary/aromatic N) is 1. The molecule has 1 aromatic heterocycles. The van der Waals surface area contributed by atoms with Crippen molar-refractivity contribution in [3.05, 3.63) is 66.4 Å². The molecule has 0 spiro atoms.